The number of ether oxygens (including phenoxy) is 3. The summed E-state index contributed by atoms with van der Waals surface area (Å²) in [5.74, 6) is -1.32. The second-order valence-corrected chi connectivity index (χ2v) is 5.45. The zero-order chi connectivity index (χ0) is 20.1. The highest BCUT2D eigenvalue weighted by atomic mass is 16.7. The van der Waals surface area contributed by atoms with Crippen molar-refractivity contribution in [2.24, 2.45) is 0 Å². The molecule has 11 nitrogen and oxygen atoms in total. The van der Waals surface area contributed by atoms with E-state index in [0.29, 0.717) is 11.5 Å². The number of hydrogen-bond acceptors (Lipinski definition) is 8. The molecule has 3 rings (SSSR count). The number of nitrogens with zero attached hydrogens (tertiary/aromatic N) is 1. The molecular weight excluding hydrogens is 374 g/mol. The standard InChI is InChI=1S/C17H13N3O8/c21-15(18-19-16(22)10-1-4-12(5-2-10)20(24)25)8-26-17(23)11-3-6-13-14(7-11)28-9-27-13/h1-7H,8-9H2,(H,18,21)(H,19,22). The van der Waals surface area contributed by atoms with Crippen molar-refractivity contribution in [1.29, 1.82) is 0 Å². The number of esters is 1. The fourth-order valence-corrected chi connectivity index (χ4v) is 2.21. The van der Waals surface area contributed by atoms with E-state index in [1.54, 1.807) is 6.07 Å². The SMILES string of the molecule is O=C(COC(=O)c1ccc2c(c1)OCO2)NNC(=O)c1ccc([N+](=O)[O-])cc1. The van der Waals surface area contributed by atoms with Crippen molar-refractivity contribution in [3.63, 3.8) is 0 Å². The Labute approximate surface area is 157 Å². The number of hydrogen-bond donors (Lipinski definition) is 2. The van der Waals surface area contributed by atoms with E-state index in [2.05, 4.69) is 10.9 Å². The van der Waals surface area contributed by atoms with Crippen molar-refractivity contribution in [2.45, 2.75) is 0 Å². The number of benzene rings is 2. The topological polar surface area (TPSA) is 146 Å². The molecule has 0 atom stereocenters. The first-order valence-electron chi connectivity index (χ1n) is 7.84. The second kappa shape index (κ2) is 8.03. The largest absolute Gasteiger partial charge is 0.454 e. The maximum Gasteiger partial charge on any atom is 0.338 e. The molecule has 0 radical (unpaired) electrons. The van der Waals surface area contributed by atoms with Crippen LogP contribution in [0.3, 0.4) is 0 Å². The summed E-state index contributed by atoms with van der Waals surface area (Å²) in [4.78, 5) is 45.5. The highest BCUT2D eigenvalue weighted by Crippen LogP contribution is 2.32. The van der Waals surface area contributed by atoms with Gasteiger partial charge in [0.05, 0.1) is 10.5 Å². The Morgan fingerprint density at radius 2 is 1.68 bits per heavy atom. The van der Waals surface area contributed by atoms with E-state index < -0.39 is 29.3 Å². The number of nitro benzene ring substituents is 1. The van der Waals surface area contributed by atoms with Gasteiger partial charge in [0, 0.05) is 17.7 Å². The van der Waals surface area contributed by atoms with Gasteiger partial charge in [-0.25, -0.2) is 4.79 Å². The van der Waals surface area contributed by atoms with E-state index in [1.807, 2.05) is 0 Å². The summed E-state index contributed by atoms with van der Waals surface area (Å²) in [5, 5.41) is 10.6. The first-order valence-corrected chi connectivity index (χ1v) is 7.84. The summed E-state index contributed by atoms with van der Waals surface area (Å²) >= 11 is 0. The third kappa shape index (κ3) is 4.33. The molecule has 0 saturated carbocycles. The molecule has 0 aliphatic carbocycles. The molecule has 1 heterocycles. The van der Waals surface area contributed by atoms with Crippen LogP contribution in [0.15, 0.2) is 42.5 Å². The van der Waals surface area contributed by atoms with E-state index in [-0.39, 0.29) is 23.6 Å². The van der Waals surface area contributed by atoms with Gasteiger partial charge < -0.3 is 14.2 Å². The van der Waals surface area contributed by atoms with Crippen molar-refractivity contribution in [1.82, 2.24) is 10.9 Å². The van der Waals surface area contributed by atoms with Gasteiger partial charge >= 0.3 is 5.97 Å². The molecule has 0 fully saturated rings. The van der Waals surface area contributed by atoms with Crippen molar-refractivity contribution < 1.29 is 33.5 Å². The van der Waals surface area contributed by atoms with Gasteiger partial charge in [-0.1, -0.05) is 0 Å². The molecule has 28 heavy (non-hydrogen) atoms. The predicted octanol–water partition coefficient (Wildman–Crippen LogP) is 0.942. The van der Waals surface area contributed by atoms with E-state index >= 15 is 0 Å². The Kier molecular flexibility index (Phi) is 5.35. The molecular formula is C17H13N3O8. The fraction of sp³-hybridized carbons (Fsp3) is 0.118. The van der Waals surface area contributed by atoms with Crippen molar-refractivity contribution in [2.75, 3.05) is 13.4 Å². The monoisotopic (exact) mass is 387 g/mol. The van der Waals surface area contributed by atoms with Crippen LogP contribution in [0.1, 0.15) is 20.7 Å². The molecule has 0 bridgehead atoms. The van der Waals surface area contributed by atoms with Crippen molar-refractivity contribution >= 4 is 23.5 Å². The average Bonchev–Trinajstić information content (AvgIpc) is 3.18. The lowest BCUT2D eigenvalue weighted by atomic mass is 10.2. The van der Waals surface area contributed by atoms with E-state index in [4.69, 9.17) is 14.2 Å². The number of non-ortho nitro benzene ring substituents is 1. The molecule has 1 aliphatic heterocycles. The third-order valence-corrected chi connectivity index (χ3v) is 3.60. The second-order valence-electron chi connectivity index (χ2n) is 5.45. The van der Waals surface area contributed by atoms with Crippen LogP contribution in [0.25, 0.3) is 0 Å². The molecule has 2 aromatic carbocycles. The summed E-state index contributed by atoms with van der Waals surface area (Å²) < 4.78 is 15.1. The number of hydrazine groups is 1. The smallest absolute Gasteiger partial charge is 0.338 e. The van der Waals surface area contributed by atoms with E-state index in [9.17, 15) is 24.5 Å². The van der Waals surface area contributed by atoms with Crippen LogP contribution in [-0.4, -0.2) is 36.1 Å². The van der Waals surface area contributed by atoms with Crippen LogP contribution >= 0.6 is 0 Å². The van der Waals surface area contributed by atoms with Crippen LogP contribution in [0.4, 0.5) is 5.69 Å². The average molecular weight is 387 g/mol. The first-order chi connectivity index (χ1) is 13.4. The van der Waals surface area contributed by atoms with Gasteiger partial charge in [0.25, 0.3) is 17.5 Å². The van der Waals surface area contributed by atoms with Crippen LogP contribution in [0, 0.1) is 10.1 Å². The van der Waals surface area contributed by atoms with E-state index in [1.165, 1.54) is 24.3 Å². The van der Waals surface area contributed by atoms with Gasteiger partial charge in [-0.15, -0.1) is 0 Å². The van der Waals surface area contributed by atoms with Crippen molar-refractivity contribution in [3.8, 4) is 11.5 Å². The highest BCUT2D eigenvalue weighted by Gasteiger charge is 2.18. The van der Waals surface area contributed by atoms with Crippen LogP contribution in [-0.2, 0) is 9.53 Å². The fourth-order valence-electron chi connectivity index (χ4n) is 2.21. The van der Waals surface area contributed by atoms with Gasteiger partial charge in [-0.3, -0.25) is 30.6 Å². The predicted molar refractivity (Wildman–Crippen MR) is 91.6 cm³/mol. The summed E-state index contributed by atoms with van der Waals surface area (Å²) in [6.07, 6.45) is 0. The molecule has 0 saturated heterocycles. The van der Waals surface area contributed by atoms with Crippen molar-refractivity contribution in [3.05, 3.63) is 63.7 Å². The highest BCUT2D eigenvalue weighted by molar-refractivity contribution is 5.96. The lowest BCUT2D eigenvalue weighted by Crippen LogP contribution is -2.43. The number of carbonyl (C=O) groups is 3. The van der Waals surface area contributed by atoms with E-state index in [0.717, 1.165) is 12.1 Å². The van der Waals surface area contributed by atoms with Crippen LogP contribution in [0.2, 0.25) is 0 Å². The summed E-state index contributed by atoms with van der Waals surface area (Å²) in [6, 6.07) is 9.22. The maximum absolute atomic E-state index is 12.0. The Hall–Kier alpha value is -4.15. The minimum Gasteiger partial charge on any atom is -0.454 e. The van der Waals surface area contributed by atoms with Crippen LogP contribution < -0.4 is 20.3 Å². The Bertz CT molecular complexity index is 942. The normalized spacial score (nSPS) is 11.4. The van der Waals surface area contributed by atoms with Gasteiger partial charge in [0.2, 0.25) is 6.79 Å². The summed E-state index contributed by atoms with van der Waals surface area (Å²) in [5.41, 5.74) is 4.28. The molecule has 1 aliphatic rings. The first kappa shape index (κ1) is 18.6. The third-order valence-electron chi connectivity index (χ3n) is 3.60. The van der Waals surface area contributed by atoms with Gasteiger partial charge in [-0.05, 0) is 30.3 Å². The van der Waals surface area contributed by atoms with Gasteiger partial charge in [0.15, 0.2) is 18.1 Å². The summed E-state index contributed by atoms with van der Waals surface area (Å²) in [6.45, 7) is -0.571. The lowest BCUT2D eigenvalue weighted by molar-refractivity contribution is -0.384. The van der Waals surface area contributed by atoms with Gasteiger partial charge in [0.1, 0.15) is 0 Å². The number of nitro groups is 1. The molecule has 2 N–H and O–H groups in total. The molecule has 0 unspecified atom stereocenters. The minimum atomic E-state index is -0.774. The molecule has 0 aromatic heterocycles. The Morgan fingerprint density at radius 3 is 2.39 bits per heavy atom. The number of carbonyl (C=O) groups excluding carboxylic acids is 3. The zero-order valence-electron chi connectivity index (χ0n) is 14.2. The molecule has 0 spiro atoms. The maximum atomic E-state index is 12.0. The lowest BCUT2D eigenvalue weighted by Gasteiger charge is -2.08. The Morgan fingerprint density at radius 1 is 1.00 bits per heavy atom. The minimum absolute atomic E-state index is 0.0602. The van der Waals surface area contributed by atoms with Crippen LogP contribution in [0.5, 0.6) is 11.5 Å². The number of rotatable bonds is 5. The molecule has 2 aromatic rings. The number of amides is 2. The number of nitrogens with one attached hydrogen (secondary N) is 2. The molecule has 144 valence electrons. The Balaban J connectivity index is 1.45. The zero-order valence-corrected chi connectivity index (χ0v) is 14.2. The number of fused-ring (bicyclic) bond motifs is 1. The molecule has 2 amide bonds. The summed E-state index contributed by atoms with van der Waals surface area (Å²) in [7, 11) is 0. The molecule has 11 heteroatoms. The quantitative estimate of drug-likeness (QED) is 0.438. The van der Waals surface area contributed by atoms with Gasteiger partial charge in [-0.2, -0.15) is 0 Å².